The van der Waals surface area contributed by atoms with E-state index in [2.05, 4.69) is 25.9 Å². The number of halogens is 2. The van der Waals surface area contributed by atoms with Crippen LogP contribution in [0.3, 0.4) is 0 Å². The Morgan fingerprint density at radius 3 is 3.19 bits per heavy atom. The highest BCUT2D eigenvalue weighted by Gasteiger charge is 2.23. The summed E-state index contributed by atoms with van der Waals surface area (Å²) >= 11 is 9.25. The van der Waals surface area contributed by atoms with Crippen molar-refractivity contribution in [2.45, 2.75) is 6.10 Å². The summed E-state index contributed by atoms with van der Waals surface area (Å²) in [6.07, 6.45) is 1.25. The van der Waals surface area contributed by atoms with Crippen molar-refractivity contribution in [3.63, 3.8) is 0 Å². The lowest BCUT2D eigenvalue weighted by Gasteiger charge is -2.33. The van der Waals surface area contributed by atoms with Gasteiger partial charge < -0.3 is 14.7 Å². The van der Waals surface area contributed by atoms with E-state index in [0.29, 0.717) is 22.8 Å². The van der Waals surface area contributed by atoms with E-state index < -0.39 is 0 Å². The average molecular weight is 309 g/mol. The van der Waals surface area contributed by atoms with Crippen molar-refractivity contribution in [1.82, 2.24) is 9.97 Å². The lowest BCUT2D eigenvalue weighted by molar-refractivity contribution is 0.00332. The minimum absolute atomic E-state index is 0.00688. The van der Waals surface area contributed by atoms with E-state index in [4.69, 9.17) is 21.4 Å². The van der Waals surface area contributed by atoms with Gasteiger partial charge in [-0.05, 0) is 15.9 Å². The van der Waals surface area contributed by atoms with Gasteiger partial charge in [-0.25, -0.2) is 9.97 Å². The van der Waals surface area contributed by atoms with Crippen molar-refractivity contribution in [2.75, 3.05) is 31.2 Å². The molecule has 1 saturated heterocycles. The number of aromatic nitrogens is 2. The number of nitrogens with zero attached hydrogens (tertiary/aromatic N) is 3. The Bertz CT molecular complexity index is 380. The molecule has 0 bridgehead atoms. The van der Waals surface area contributed by atoms with E-state index in [-0.39, 0.29) is 12.7 Å². The van der Waals surface area contributed by atoms with Crippen LogP contribution in [0.4, 0.5) is 5.82 Å². The molecule has 0 aliphatic carbocycles. The molecule has 0 radical (unpaired) electrons. The van der Waals surface area contributed by atoms with Crippen LogP contribution in [0.5, 0.6) is 0 Å². The maximum atomic E-state index is 9.06. The Kier molecular flexibility index (Phi) is 3.96. The molecule has 1 aromatic rings. The number of aliphatic hydroxyl groups excluding tert-OH is 1. The number of hydrogen-bond acceptors (Lipinski definition) is 5. The molecule has 1 fully saturated rings. The molecule has 0 aromatic carbocycles. The van der Waals surface area contributed by atoms with Crippen molar-refractivity contribution >= 4 is 33.3 Å². The average Bonchev–Trinajstić information content (AvgIpc) is 2.33. The Morgan fingerprint density at radius 2 is 2.44 bits per heavy atom. The summed E-state index contributed by atoms with van der Waals surface area (Å²) in [6.45, 7) is 1.90. The number of anilines is 1. The summed E-state index contributed by atoms with van der Waals surface area (Å²) in [6, 6.07) is 0. The molecule has 5 nitrogen and oxygen atoms in total. The monoisotopic (exact) mass is 307 g/mol. The van der Waals surface area contributed by atoms with E-state index >= 15 is 0 Å². The van der Waals surface area contributed by atoms with Gasteiger partial charge in [-0.2, -0.15) is 0 Å². The molecule has 88 valence electrons. The van der Waals surface area contributed by atoms with Crippen molar-refractivity contribution in [1.29, 1.82) is 0 Å². The van der Waals surface area contributed by atoms with Gasteiger partial charge in [-0.1, -0.05) is 11.6 Å². The summed E-state index contributed by atoms with van der Waals surface area (Å²) in [5, 5.41) is 9.44. The largest absolute Gasteiger partial charge is 0.394 e. The zero-order valence-corrected chi connectivity index (χ0v) is 10.8. The van der Waals surface area contributed by atoms with Crippen LogP contribution in [0.15, 0.2) is 10.8 Å². The van der Waals surface area contributed by atoms with E-state index in [0.717, 1.165) is 12.4 Å². The van der Waals surface area contributed by atoms with E-state index in [1.807, 2.05) is 4.90 Å². The fraction of sp³-hybridized carbons (Fsp3) is 0.556. The van der Waals surface area contributed by atoms with Crippen LogP contribution in [0.2, 0.25) is 5.15 Å². The van der Waals surface area contributed by atoms with Crippen molar-refractivity contribution in [2.24, 2.45) is 0 Å². The second-order valence-electron chi connectivity index (χ2n) is 3.42. The van der Waals surface area contributed by atoms with Gasteiger partial charge in [-0.3, -0.25) is 0 Å². The third-order valence-corrected chi connectivity index (χ3v) is 3.62. The van der Waals surface area contributed by atoms with Crippen LogP contribution in [0.25, 0.3) is 0 Å². The summed E-state index contributed by atoms with van der Waals surface area (Å²) in [7, 11) is 0. The summed E-state index contributed by atoms with van der Waals surface area (Å²) in [4.78, 5) is 10.1. The highest BCUT2D eigenvalue weighted by molar-refractivity contribution is 9.10. The van der Waals surface area contributed by atoms with Gasteiger partial charge in [0.1, 0.15) is 17.3 Å². The molecule has 0 amide bonds. The summed E-state index contributed by atoms with van der Waals surface area (Å²) < 4.78 is 6.04. The quantitative estimate of drug-likeness (QED) is 0.829. The fourth-order valence-corrected chi connectivity index (χ4v) is 2.17. The second-order valence-corrected chi connectivity index (χ2v) is 4.57. The van der Waals surface area contributed by atoms with E-state index in [1.165, 1.54) is 6.33 Å². The molecule has 0 saturated carbocycles. The topological polar surface area (TPSA) is 58.5 Å². The number of rotatable bonds is 2. The minimum atomic E-state index is -0.172. The van der Waals surface area contributed by atoms with Gasteiger partial charge in [0.25, 0.3) is 0 Å². The standard InChI is InChI=1S/C9H11BrClN3O2/c10-7-8(11)12-5-13-9(7)14-1-2-16-6(3-14)4-15/h5-6,15H,1-4H2. The number of ether oxygens (including phenoxy) is 1. The third-order valence-electron chi connectivity index (χ3n) is 2.37. The maximum Gasteiger partial charge on any atom is 0.148 e. The van der Waals surface area contributed by atoms with Gasteiger partial charge in [0.05, 0.1) is 23.8 Å². The van der Waals surface area contributed by atoms with Crippen LogP contribution in [-0.4, -0.2) is 47.5 Å². The lowest BCUT2D eigenvalue weighted by Crippen LogP contribution is -2.44. The molecule has 16 heavy (non-hydrogen) atoms. The fourth-order valence-electron chi connectivity index (χ4n) is 1.58. The van der Waals surface area contributed by atoms with Crippen molar-refractivity contribution < 1.29 is 9.84 Å². The van der Waals surface area contributed by atoms with Crippen LogP contribution >= 0.6 is 27.5 Å². The first kappa shape index (κ1) is 12.0. The zero-order valence-electron chi connectivity index (χ0n) is 8.44. The Hall–Kier alpha value is -0.430. The number of aliphatic hydroxyl groups is 1. The molecular formula is C9H11BrClN3O2. The first-order chi connectivity index (χ1) is 7.72. The Balaban J connectivity index is 2.20. The highest BCUT2D eigenvalue weighted by Crippen LogP contribution is 2.29. The van der Waals surface area contributed by atoms with Gasteiger partial charge >= 0.3 is 0 Å². The molecular weight excluding hydrogens is 297 g/mol. The molecule has 1 unspecified atom stereocenters. The smallest absolute Gasteiger partial charge is 0.148 e. The predicted molar refractivity (Wildman–Crippen MR) is 63.8 cm³/mol. The molecule has 0 spiro atoms. The highest BCUT2D eigenvalue weighted by atomic mass is 79.9. The molecule has 1 aromatic heterocycles. The van der Waals surface area contributed by atoms with Gasteiger partial charge in [-0.15, -0.1) is 0 Å². The third kappa shape index (κ3) is 2.45. The number of morpholine rings is 1. The van der Waals surface area contributed by atoms with Crippen LogP contribution in [-0.2, 0) is 4.74 Å². The first-order valence-electron chi connectivity index (χ1n) is 4.85. The molecule has 7 heteroatoms. The van der Waals surface area contributed by atoms with Crippen molar-refractivity contribution in [3.05, 3.63) is 16.0 Å². The molecule has 1 aliphatic heterocycles. The summed E-state index contributed by atoms with van der Waals surface area (Å²) in [5.41, 5.74) is 0. The molecule has 1 aliphatic rings. The molecule has 1 atom stereocenters. The van der Waals surface area contributed by atoms with Crippen LogP contribution in [0, 0.1) is 0 Å². The predicted octanol–water partition coefficient (Wildman–Crippen LogP) is 1.09. The second kappa shape index (κ2) is 5.27. The Labute approximate surface area is 107 Å². The maximum absolute atomic E-state index is 9.06. The normalized spacial score (nSPS) is 21.2. The summed E-state index contributed by atoms with van der Waals surface area (Å²) in [5.74, 6) is 0.738. The zero-order chi connectivity index (χ0) is 11.5. The lowest BCUT2D eigenvalue weighted by atomic mass is 10.3. The molecule has 1 N–H and O–H groups in total. The van der Waals surface area contributed by atoms with Crippen molar-refractivity contribution in [3.8, 4) is 0 Å². The van der Waals surface area contributed by atoms with E-state index in [1.54, 1.807) is 0 Å². The molecule has 2 heterocycles. The van der Waals surface area contributed by atoms with Crippen LogP contribution in [0.1, 0.15) is 0 Å². The first-order valence-corrected chi connectivity index (χ1v) is 6.03. The van der Waals surface area contributed by atoms with Crippen LogP contribution < -0.4 is 4.90 Å². The number of hydrogen-bond donors (Lipinski definition) is 1. The molecule has 2 rings (SSSR count). The van der Waals surface area contributed by atoms with E-state index in [9.17, 15) is 0 Å². The SMILES string of the molecule is OCC1CN(c2ncnc(Cl)c2Br)CCO1. The van der Waals surface area contributed by atoms with Gasteiger partial charge in [0.15, 0.2) is 0 Å². The van der Waals surface area contributed by atoms with Gasteiger partial charge in [0.2, 0.25) is 0 Å². The Morgan fingerprint density at radius 1 is 1.62 bits per heavy atom. The van der Waals surface area contributed by atoms with Gasteiger partial charge in [0, 0.05) is 13.1 Å². The minimum Gasteiger partial charge on any atom is -0.394 e.